The smallest absolute Gasteiger partial charge is 0.407 e. The van der Waals surface area contributed by atoms with E-state index in [4.69, 9.17) is 5.11 Å². The van der Waals surface area contributed by atoms with Crippen molar-refractivity contribution in [3.63, 3.8) is 0 Å². The standard InChI is InChI=1S/C12H13N3O5/c16-11-8-14(12(17)18)6-5-13(11)7-9-1-3-10(4-2-9)15(19)20/h1-4H,5-8H2,(H,17,18). The normalized spacial score (nSPS) is 15.3. The largest absolute Gasteiger partial charge is 0.465 e. The Bertz CT molecular complexity index is 543. The van der Waals surface area contributed by atoms with Crippen molar-refractivity contribution in [1.29, 1.82) is 0 Å². The molecule has 1 aromatic rings. The van der Waals surface area contributed by atoms with E-state index in [1.165, 1.54) is 12.1 Å². The van der Waals surface area contributed by atoms with Gasteiger partial charge in [-0.1, -0.05) is 12.1 Å². The quantitative estimate of drug-likeness (QED) is 0.654. The number of hydrogen-bond acceptors (Lipinski definition) is 4. The van der Waals surface area contributed by atoms with E-state index in [1.807, 2.05) is 0 Å². The zero-order valence-electron chi connectivity index (χ0n) is 10.6. The molecule has 20 heavy (non-hydrogen) atoms. The van der Waals surface area contributed by atoms with Gasteiger partial charge in [-0.05, 0) is 5.56 Å². The molecule has 0 atom stereocenters. The molecular weight excluding hydrogens is 266 g/mol. The first-order chi connectivity index (χ1) is 9.47. The zero-order valence-corrected chi connectivity index (χ0v) is 10.6. The van der Waals surface area contributed by atoms with Gasteiger partial charge in [0.1, 0.15) is 6.54 Å². The van der Waals surface area contributed by atoms with Gasteiger partial charge in [-0.25, -0.2) is 4.79 Å². The first-order valence-corrected chi connectivity index (χ1v) is 5.96. The summed E-state index contributed by atoms with van der Waals surface area (Å²) >= 11 is 0. The molecule has 0 bridgehead atoms. The van der Waals surface area contributed by atoms with Crippen LogP contribution in [0.4, 0.5) is 10.5 Å². The van der Waals surface area contributed by atoms with Gasteiger partial charge in [-0.15, -0.1) is 0 Å². The fourth-order valence-electron chi connectivity index (χ4n) is 1.98. The van der Waals surface area contributed by atoms with Gasteiger partial charge in [0.05, 0.1) is 4.92 Å². The molecule has 0 aliphatic carbocycles. The molecule has 1 aliphatic rings. The monoisotopic (exact) mass is 279 g/mol. The number of nitro groups is 1. The number of benzene rings is 1. The lowest BCUT2D eigenvalue weighted by Gasteiger charge is -2.32. The van der Waals surface area contributed by atoms with Crippen LogP contribution in [0.3, 0.4) is 0 Å². The van der Waals surface area contributed by atoms with Gasteiger partial charge in [-0.3, -0.25) is 19.8 Å². The van der Waals surface area contributed by atoms with Gasteiger partial charge in [0.2, 0.25) is 5.91 Å². The number of carbonyl (C=O) groups excluding carboxylic acids is 1. The molecule has 1 aromatic carbocycles. The molecule has 0 saturated carbocycles. The molecule has 1 heterocycles. The third-order valence-corrected chi connectivity index (χ3v) is 3.11. The first kappa shape index (κ1) is 13.8. The topological polar surface area (TPSA) is 104 Å². The summed E-state index contributed by atoms with van der Waals surface area (Å²) < 4.78 is 0. The van der Waals surface area contributed by atoms with Crippen LogP contribution >= 0.6 is 0 Å². The van der Waals surface area contributed by atoms with E-state index in [-0.39, 0.29) is 24.7 Å². The summed E-state index contributed by atoms with van der Waals surface area (Å²) in [6, 6.07) is 5.95. The summed E-state index contributed by atoms with van der Waals surface area (Å²) in [6.45, 7) is 0.767. The number of nitro benzene ring substituents is 1. The highest BCUT2D eigenvalue weighted by Crippen LogP contribution is 2.15. The van der Waals surface area contributed by atoms with Crippen LogP contribution in [0, 0.1) is 10.1 Å². The van der Waals surface area contributed by atoms with Crippen LogP contribution in [0.25, 0.3) is 0 Å². The Morgan fingerprint density at radius 3 is 2.45 bits per heavy atom. The predicted molar refractivity (Wildman–Crippen MR) is 68.1 cm³/mol. The summed E-state index contributed by atoms with van der Waals surface area (Å²) in [4.78, 5) is 35.2. The molecule has 0 radical (unpaired) electrons. The molecule has 8 heteroatoms. The average Bonchev–Trinajstić information content (AvgIpc) is 2.41. The minimum absolute atomic E-state index is 0.00391. The Morgan fingerprint density at radius 2 is 1.95 bits per heavy atom. The van der Waals surface area contributed by atoms with Gasteiger partial charge in [0.15, 0.2) is 0 Å². The Hall–Kier alpha value is -2.64. The maximum atomic E-state index is 11.8. The van der Waals surface area contributed by atoms with Crippen LogP contribution in [-0.2, 0) is 11.3 Å². The van der Waals surface area contributed by atoms with Crippen molar-refractivity contribution in [2.24, 2.45) is 0 Å². The summed E-state index contributed by atoms with van der Waals surface area (Å²) in [5, 5.41) is 19.3. The second kappa shape index (κ2) is 5.55. The lowest BCUT2D eigenvalue weighted by Crippen LogP contribution is -2.51. The SMILES string of the molecule is O=C(O)N1CCN(Cc2ccc([N+](=O)[O-])cc2)C(=O)C1. The van der Waals surface area contributed by atoms with Crippen molar-refractivity contribution >= 4 is 17.7 Å². The van der Waals surface area contributed by atoms with Gasteiger partial charge >= 0.3 is 6.09 Å². The minimum Gasteiger partial charge on any atom is -0.465 e. The second-order valence-electron chi connectivity index (χ2n) is 4.44. The maximum Gasteiger partial charge on any atom is 0.407 e. The van der Waals surface area contributed by atoms with E-state index >= 15 is 0 Å². The molecular formula is C12H13N3O5. The second-order valence-corrected chi connectivity index (χ2v) is 4.44. The molecule has 1 saturated heterocycles. The van der Waals surface area contributed by atoms with E-state index < -0.39 is 11.0 Å². The summed E-state index contributed by atoms with van der Waals surface area (Å²) in [7, 11) is 0. The number of nitrogens with zero attached hydrogens (tertiary/aromatic N) is 3. The zero-order chi connectivity index (χ0) is 14.7. The lowest BCUT2D eigenvalue weighted by molar-refractivity contribution is -0.384. The highest BCUT2D eigenvalue weighted by Gasteiger charge is 2.26. The lowest BCUT2D eigenvalue weighted by atomic mass is 10.2. The van der Waals surface area contributed by atoms with Crippen LogP contribution in [0.15, 0.2) is 24.3 Å². The molecule has 0 unspecified atom stereocenters. The van der Waals surface area contributed by atoms with E-state index in [9.17, 15) is 19.7 Å². The molecule has 1 fully saturated rings. The average molecular weight is 279 g/mol. The number of non-ortho nitro benzene ring substituents is 1. The molecule has 2 amide bonds. The Morgan fingerprint density at radius 1 is 1.30 bits per heavy atom. The van der Waals surface area contributed by atoms with Crippen molar-refractivity contribution in [2.75, 3.05) is 19.6 Å². The van der Waals surface area contributed by atoms with Gasteiger partial charge < -0.3 is 10.0 Å². The van der Waals surface area contributed by atoms with Crippen molar-refractivity contribution in [3.05, 3.63) is 39.9 Å². The van der Waals surface area contributed by atoms with Crippen LogP contribution in [0.2, 0.25) is 0 Å². The molecule has 8 nitrogen and oxygen atoms in total. The summed E-state index contributed by atoms with van der Waals surface area (Å²) in [5.74, 6) is -0.267. The number of rotatable bonds is 3. The summed E-state index contributed by atoms with van der Waals surface area (Å²) in [5.41, 5.74) is 0.767. The predicted octanol–water partition coefficient (Wildman–Crippen LogP) is 0.917. The highest BCUT2D eigenvalue weighted by molar-refractivity contribution is 5.83. The molecule has 0 aromatic heterocycles. The van der Waals surface area contributed by atoms with E-state index in [1.54, 1.807) is 17.0 Å². The molecule has 0 spiro atoms. The van der Waals surface area contributed by atoms with Gasteiger partial charge in [-0.2, -0.15) is 0 Å². The van der Waals surface area contributed by atoms with Gasteiger partial charge in [0, 0.05) is 31.8 Å². The summed E-state index contributed by atoms with van der Waals surface area (Å²) in [6.07, 6.45) is -1.10. The molecule has 106 valence electrons. The third-order valence-electron chi connectivity index (χ3n) is 3.11. The van der Waals surface area contributed by atoms with Gasteiger partial charge in [0.25, 0.3) is 5.69 Å². The molecule has 1 aliphatic heterocycles. The number of amides is 2. The number of hydrogen-bond donors (Lipinski definition) is 1. The van der Waals surface area contributed by atoms with Crippen LogP contribution in [0.5, 0.6) is 0 Å². The fraction of sp³-hybridized carbons (Fsp3) is 0.333. The Balaban J connectivity index is 1.98. The van der Waals surface area contributed by atoms with E-state index in [2.05, 4.69) is 0 Å². The fourth-order valence-corrected chi connectivity index (χ4v) is 1.98. The molecule has 1 N–H and O–H groups in total. The highest BCUT2D eigenvalue weighted by atomic mass is 16.6. The molecule has 2 rings (SSSR count). The van der Waals surface area contributed by atoms with Crippen molar-refractivity contribution < 1.29 is 19.6 Å². The van der Waals surface area contributed by atoms with E-state index in [0.29, 0.717) is 13.1 Å². The minimum atomic E-state index is -1.10. The van der Waals surface area contributed by atoms with Crippen molar-refractivity contribution in [3.8, 4) is 0 Å². The van der Waals surface area contributed by atoms with Crippen molar-refractivity contribution in [1.82, 2.24) is 9.80 Å². The van der Waals surface area contributed by atoms with E-state index in [0.717, 1.165) is 10.5 Å². The number of piperazine rings is 1. The Kier molecular flexibility index (Phi) is 3.83. The van der Waals surface area contributed by atoms with Crippen LogP contribution < -0.4 is 0 Å². The van der Waals surface area contributed by atoms with Crippen LogP contribution in [-0.4, -0.2) is 51.5 Å². The maximum absolute atomic E-state index is 11.8. The first-order valence-electron chi connectivity index (χ1n) is 5.96. The van der Waals surface area contributed by atoms with Crippen molar-refractivity contribution in [2.45, 2.75) is 6.54 Å². The number of carbonyl (C=O) groups is 2. The number of carboxylic acid groups (broad SMARTS) is 1. The third kappa shape index (κ3) is 3.02. The Labute approximate surface area is 114 Å². The van der Waals surface area contributed by atoms with Crippen LogP contribution in [0.1, 0.15) is 5.56 Å².